The number of aromatic nitrogens is 1. The summed E-state index contributed by atoms with van der Waals surface area (Å²) in [5, 5.41) is 0. The second-order valence-corrected chi connectivity index (χ2v) is 2.80. The molecule has 0 aliphatic heterocycles. The van der Waals surface area contributed by atoms with E-state index < -0.39 is 0 Å². The number of H-pyrrole nitrogens is 1. The van der Waals surface area contributed by atoms with E-state index in [4.69, 9.17) is 4.74 Å². The van der Waals surface area contributed by atoms with Crippen molar-refractivity contribution in [3.05, 3.63) is 54.4 Å². The van der Waals surface area contributed by atoms with Crippen molar-refractivity contribution in [2.45, 2.75) is 0 Å². The molecule has 2 rings (SSSR count). The minimum absolute atomic E-state index is 0.342. The molecule has 0 radical (unpaired) electrons. The molecule has 0 atom stereocenters. The summed E-state index contributed by atoms with van der Waals surface area (Å²) < 4.78 is 5.07. The first-order valence-corrected chi connectivity index (χ1v) is 4.26. The van der Waals surface area contributed by atoms with Crippen LogP contribution in [0, 0.1) is 0 Å². The summed E-state index contributed by atoms with van der Waals surface area (Å²) >= 11 is 0. The van der Waals surface area contributed by atoms with Gasteiger partial charge in [-0.15, -0.1) is 0 Å². The number of aromatic amines is 1. The largest absolute Gasteiger partial charge is 0.421 e. The van der Waals surface area contributed by atoms with Crippen molar-refractivity contribution in [3.8, 4) is 5.75 Å². The van der Waals surface area contributed by atoms with Crippen LogP contribution >= 0.6 is 0 Å². The molecule has 70 valence electrons. The van der Waals surface area contributed by atoms with Gasteiger partial charge in [-0.2, -0.15) is 0 Å². The van der Waals surface area contributed by atoms with E-state index in [9.17, 15) is 4.79 Å². The van der Waals surface area contributed by atoms with Crippen molar-refractivity contribution in [2.75, 3.05) is 0 Å². The topological polar surface area (TPSA) is 42.1 Å². The van der Waals surface area contributed by atoms with Gasteiger partial charge < -0.3 is 9.72 Å². The Kier molecular flexibility index (Phi) is 2.32. The van der Waals surface area contributed by atoms with Gasteiger partial charge in [-0.25, -0.2) is 4.79 Å². The summed E-state index contributed by atoms with van der Waals surface area (Å²) in [6.45, 7) is 0. The molecule has 0 unspecified atom stereocenters. The lowest BCUT2D eigenvalue weighted by molar-refractivity contribution is 0.0735. The maximum absolute atomic E-state index is 11.5. The third-order valence-corrected chi connectivity index (χ3v) is 1.79. The first-order chi connectivity index (χ1) is 6.86. The number of hydrogen-bond acceptors (Lipinski definition) is 2. The average molecular weight is 187 g/mol. The minimum Gasteiger partial charge on any atom is -0.421 e. The van der Waals surface area contributed by atoms with Gasteiger partial charge in [0.2, 0.25) is 0 Å². The number of carbonyl (C=O) groups excluding carboxylic acids is 1. The third-order valence-electron chi connectivity index (χ3n) is 1.79. The lowest BCUT2D eigenvalue weighted by Gasteiger charge is -2.00. The molecule has 2 aromatic rings. The summed E-state index contributed by atoms with van der Waals surface area (Å²) in [5.41, 5.74) is 0.550. The van der Waals surface area contributed by atoms with E-state index in [0.717, 1.165) is 0 Å². The summed E-state index contributed by atoms with van der Waals surface area (Å²) in [6, 6.07) is 10.6. The van der Waals surface area contributed by atoms with Crippen molar-refractivity contribution in [1.29, 1.82) is 0 Å². The Hall–Kier alpha value is -2.03. The number of benzene rings is 1. The van der Waals surface area contributed by atoms with Crippen LogP contribution in [0.15, 0.2) is 48.8 Å². The molecule has 0 aliphatic rings. The highest BCUT2D eigenvalue weighted by molar-refractivity contribution is 5.90. The number of nitrogens with one attached hydrogen (secondary N) is 1. The second kappa shape index (κ2) is 3.79. The molecule has 0 spiro atoms. The predicted molar refractivity (Wildman–Crippen MR) is 52.2 cm³/mol. The van der Waals surface area contributed by atoms with Crippen molar-refractivity contribution >= 4 is 5.97 Å². The van der Waals surface area contributed by atoms with Gasteiger partial charge in [0, 0.05) is 12.4 Å². The SMILES string of the molecule is O=C(Oc1cc[nH]c1)c1ccccc1. The molecule has 0 amide bonds. The number of hydrogen-bond donors (Lipinski definition) is 1. The van der Waals surface area contributed by atoms with Gasteiger partial charge in [0.05, 0.1) is 5.56 Å². The van der Waals surface area contributed by atoms with Crippen molar-refractivity contribution < 1.29 is 9.53 Å². The minimum atomic E-state index is -0.342. The fourth-order valence-corrected chi connectivity index (χ4v) is 1.11. The van der Waals surface area contributed by atoms with Crippen LogP contribution in [0.4, 0.5) is 0 Å². The Labute approximate surface area is 81.3 Å². The smallest absolute Gasteiger partial charge is 0.343 e. The van der Waals surface area contributed by atoms with Crippen LogP contribution in [0.5, 0.6) is 5.75 Å². The van der Waals surface area contributed by atoms with Crippen molar-refractivity contribution in [2.24, 2.45) is 0 Å². The van der Waals surface area contributed by atoms with Crippen LogP contribution in [0.25, 0.3) is 0 Å². The number of ether oxygens (including phenoxy) is 1. The van der Waals surface area contributed by atoms with Gasteiger partial charge in [-0.1, -0.05) is 18.2 Å². The standard InChI is InChI=1S/C11H9NO2/c13-11(9-4-2-1-3-5-9)14-10-6-7-12-8-10/h1-8,12H. The van der Waals surface area contributed by atoms with Crippen LogP contribution in [-0.2, 0) is 0 Å². The Bertz CT molecular complexity index is 406. The Balaban J connectivity index is 2.11. The lowest BCUT2D eigenvalue weighted by Crippen LogP contribution is -2.07. The summed E-state index contributed by atoms with van der Waals surface area (Å²) in [6.07, 6.45) is 3.33. The molecule has 1 aromatic carbocycles. The molecule has 0 bridgehead atoms. The zero-order valence-electron chi connectivity index (χ0n) is 7.44. The number of carbonyl (C=O) groups is 1. The van der Waals surface area contributed by atoms with E-state index in [1.165, 1.54) is 0 Å². The normalized spacial score (nSPS) is 9.71. The van der Waals surface area contributed by atoms with E-state index in [0.29, 0.717) is 11.3 Å². The first-order valence-electron chi connectivity index (χ1n) is 4.26. The predicted octanol–water partition coefficient (Wildman–Crippen LogP) is 2.23. The maximum Gasteiger partial charge on any atom is 0.343 e. The zero-order chi connectivity index (χ0) is 9.80. The maximum atomic E-state index is 11.5. The highest BCUT2D eigenvalue weighted by Crippen LogP contribution is 2.10. The number of esters is 1. The zero-order valence-corrected chi connectivity index (χ0v) is 7.44. The molecule has 3 nitrogen and oxygen atoms in total. The van der Waals surface area contributed by atoms with Crippen LogP contribution in [0.1, 0.15) is 10.4 Å². The van der Waals surface area contributed by atoms with Crippen LogP contribution in [0.2, 0.25) is 0 Å². The van der Waals surface area contributed by atoms with Crippen LogP contribution < -0.4 is 4.74 Å². The molecule has 14 heavy (non-hydrogen) atoms. The Morgan fingerprint density at radius 1 is 1.14 bits per heavy atom. The molecule has 3 heteroatoms. The van der Waals surface area contributed by atoms with Crippen LogP contribution in [-0.4, -0.2) is 11.0 Å². The summed E-state index contributed by atoms with van der Waals surface area (Å²) in [5.74, 6) is 0.184. The van der Waals surface area contributed by atoms with E-state index in [1.807, 2.05) is 6.07 Å². The molecule has 1 heterocycles. The fourth-order valence-electron chi connectivity index (χ4n) is 1.11. The van der Waals surface area contributed by atoms with Crippen LogP contribution in [0.3, 0.4) is 0 Å². The average Bonchev–Trinajstić information content (AvgIpc) is 2.72. The first kappa shape index (κ1) is 8.56. The Morgan fingerprint density at radius 3 is 2.57 bits per heavy atom. The molecule has 0 aliphatic carbocycles. The number of rotatable bonds is 2. The summed E-state index contributed by atoms with van der Waals surface area (Å²) in [7, 11) is 0. The molecular formula is C11H9NO2. The van der Waals surface area contributed by atoms with Gasteiger partial charge in [0.1, 0.15) is 5.75 Å². The van der Waals surface area contributed by atoms with E-state index >= 15 is 0 Å². The van der Waals surface area contributed by atoms with Gasteiger partial charge in [-0.3, -0.25) is 0 Å². The quantitative estimate of drug-likeness (QED) is 0.732. The highest BCUT2D eigenvalue weighted by Gasteiger charge is 2.06. The molecule has 1 aromatic heterocycles. The van der Waals surface area contributed by atoms with Crippen molar-refractivity contribution in [3.63, 3.8) is 0 Å². The highest BCUT2D eigenvalue weighted by atomic mass is 16.5. The van der Waals surface area contributed by atoms with E-state index in [2.05, 4.69) is 4.98 Å². The molecular weight excluding hydrogens is 178 g/mol. The molecule has 0 saturated carbocycles. The van der Waals surface area contributed by atoms with Gasteiger partial charge in [0.25, 0.3) is 0 Å². The van der Waals surface area contributed by atoms with E-state index in [1.54, 1.807) is 42.7 Å². The monoisotopic (exact) mass is 187 g/mol. The summed E-state index contributed by atoms with van der Waals surface area (Å²) in [4.78, 5) is 14.3. The Morgan fingerprint density at radius 2 is 1.93 bits per heavy atom. The van der Waals surface area contributed by atoms with Crippen molar-refractivity contribution in [1.82, 2.24) is 4.98 Å². The van der Waals surface area contributed by atoms with E-state index in [-0.39, 0.29) is 5.97 Å². The molecule has 0 fully saturated rings. The van der Waals surface area contributed by atoms with Gasteiger partial charge >= 0.3 is 5.97 Å². The second-order valence-electron chi connectivity index (χ2n) is 2.80. The molecule has 0 saturated heterocycles. The van der Waals surface area contributed by atoms with Gasteiger partial charge in [0.15, 0.2) is 0 Å². The molecule has 1 N–H and O–H groups in total. The third kappa shape index (κ3) is 1.82. The lowest BCUT2D eigenvalue weighted by atomic mass is 10.2. The fraction of sp³-hybridized carbons (Fsp3) is 0. The van der Waals surface area contributed by atoms with Gasteiger partial charge in [-0.05, 0) is 18.2 Å².